The summed E-state index contributed by atoms with van der Waals surface area (Å²) in [6.07, 6.45) is 4.52. The number of hydrogen-bond acceptors (Lipinski definition) is 3. The molecule has 0 bridgehead atoms. The molecule has 2 aliphatic heterocycles. The largest absolute Gasteiger partial charge is 0.456 e. The van der Waals surface area contributed by atoms with Crippen molar-refractivity contribution in [2.75, 3.05) is 11.9 Å². The zero-order chi connectivity index (χ0) is 19.3. The summed E-state index contributed by atoms with van der Waals surface area (Å²) in [5, 5.41) is 0. The van der Waals surface area contributed by atoms with Crippen molar-refractivity contribution in [2.24, 2.45) is 0 Å². The van der Waals surface area contributed by atoms with Gasteiger partial charge >= 0.3 is 0 Å². The summed E-state index contributed by atoms with van der Waals surface area (Å²) in [6.45, 7) is 4.54. The van der Waals surface area contributed by atoms with E-state index >= 15 is 0 Å². The zero-order valence-corrected chi connectivity index (χ0v) is 16.5. The molecule has 0 amide bonds. The number of ether oxygens (including phenoxy) is 1. The van der Waals surface area contributed by atoms with Crippen molar-refractivity contribution in [3.05, 3.63) is 84.7 Å². The second kappa shape index (κ2) is 6.48. The van der Waals surface area contributed by atoms with Crippen molar-refractivity contribution in [1.82, 2.24) is 4.90 Å². The number of fused-ring (bicyclic) bond motifs is 2. The molecule has 0 unspecified atom stereocenters. The molecule has 2 aliphatic rings. The van der Waals surface area contributed by atoms with Gasteiger partial charge in [0.05, 0.1) is 5.69 Å². The maximum atomic E-state index is 6.54. The highest BCUT2D eigenvalue weighted by molar-refractivity contribution is 6.97. The van der Waals surface area contributed by atoms with Gasteiger partial charge in [0.1, 0.15) is 17.7 Å². The lowest BCUT2D eigenvalue weighted by Gasteiger charge is -2.34. The van der Waals surface area contributed by atoms with Crippen LogP contribution in [0.25, 0.3) is 0 Å². The third-order valence-corrected chi connectivity index (χ3v) is 5.96. The molecule has 4 heteroatoms. The molecule has 28 heavy (non-hydrogen) atoms. The lowest BCUT2D eigenvalue weighted by molar-refractivity contribution is 0.380. The van der Waals surface area contributed by atoms with E-state index < -0.39 is 0 Å². The summed E-state index contributed by atoms with van der Waals surface area (Å²) in [6, 6.07) is 23.6. The van der Waals surface area contributed by atoms with Gasteiger partial charge in [-0.05, 0) is 36.4 Å². The van der Waals surface area contributed by atoms with Crippen molar-refractivity contribution in [3.63, 3.8) is 0 Å². The fourth-order valence-electron chi connectivity index (χ4n) is 4.32. The molecular weight excluding hydrogens is 343 g/mol. The van der Waals surface area contributed by atoms with Crippen LogP contribution in [0.3, 0.4) is 0 Å². The molecule has 0 fully saturated rings. The molecule has 0 saturated heterocycles. The lowest BCUT2D eigenvalue weighted by Crippen LogP contribution is -2.55. The van der Waals surface area contributed by atoms with Crippen molar-refractivity contribution in [1.29, 1.82) is 0 Å². The van der Waals surface area contributed by atoms with Gasteiger partial charge in [-0.3, -0.25) is 0 Å². The Balaban J connectivity index is 1.74. The predicted octanol–water partition coefficient (Wildman–Crippen LogP) is 3.19. The van der Waals surface area contributed by atoms with Gasteiger partial charge in [-0.25, -0.2) is 0 Å². The monoisotopic (exact) mass is 366 g/mol. The summed E-state index contributed by atoms with van der Waals surface area (Å²) in [5.74, 6) is 1.92. The summed E-state index contributed by atoms with van der Waals surface area (Å²) in [4.78, 5) is 4.52. The smallest absolute Gasteiger partial charge is 0.251 e. The molecule has 0 aliphatic carbocycles. The highest BCUT2D eigenvalue weighted by Crippen LogP contribution is 2.39. The SMILES string of the molecule is Cc1ccc2c(c1N1C=CN(C)[C@@H]1C)Oc1ccccc1B2c1ccccc1. The third-order valence-electron chi connectivity index (χ3n) is 5.96. The van der Waals surface area contributed by atoms with Crippen LogP contribution < -0.4 is 26.0 Å². The quantitative estimate of drug-likeness (QED) is 0.507. The molecule has 0 radical (unpaired) electrons. The van der Waals surface area contributed by atoms with Crippen LogP contribution in [0.4, 0.5) is 5.69 Å². The van der Waals surface area contributed by atoms with Crippen LogP contribution in [0.5, 0.6) is 11.5 Å². The van der Waals surface area contributed by atoms with E-state index in [9.17, 15) is 0 Å². The fraction of sp³-hybridized carbons (Fsp3) is 0.167. The Kier molecular flexibility index (Phi) is 3.94. The van der Waals surface area contributed by atoms with Crippen molar-refractivity contribution in [3.8, 4) is 11.5 Å². The molecule has 2 heterocycles. The normalized spacial score (nSPS) is 17.4. The molecule has 3 aromatic rings. The summed E-state index contributed by atoms with van der Waals surface area (Å²) < 4.78 is 6.54. The average Bonchev–Trinajstić information content (AvgIpc) is 3.05. The summed E-state index contributed by atoms with van der Waals surface area (Å²) in [5.41, 5.74) is 6.10. The van der Waals surface area contributed by atoms with Gasteiger partial charge in [0.25, 0.3) is 6.71 Å². The minimum atomic E-state index is 0.167. The van der Waals surface area contributed by atoms with Gasteiger partial charge in [0.15, 0.2) is 0 Å². The molecule has 0 aromatic heterocycles. The topological polar surface area (TPSA) is 15.7 Å². The number of para-hydroxylation sites is 1. The Bertz CT molecular complexity index is 1060. The van der Waals surface area contributed by atoms with Crippen LogP contribution in [0, 0.1) is 6.92 Å². The summed E-state index contributed by atoms with van der Waals surface area (Å²) >= 11 is 0. The van der Waals surface area contributed by atoms with Crippen LogP contribution in [0.2, 0.25) is 0 Å². The summed E-state index contributed by atoms with van der Waals surface area (Å²) in [7, 11) is 2.11. The maximum Gasteiger partial charge on any atom is 0.251 e. The Morgan fingerprint density at radius 2 is 1.61 bits per heavy atom. The number of anilines is 1. The van der Waals surface area contributed by atoms with Crippen LogP contribution in [0.15, 0.2) is 79.1 Å². The first-order valence-corrected chi connectivity index (χ1v) is 9.79. The first-order chi connectivity index (χ1) is 13.6. The van der Waals surface area contributed by atoms with Crippen LogP contribution in [0.1, 0.15) is 12.5 Å². The fourth-order valence-corrected chi connectivity index (χ4v) is 4.32. The van der Waals surface area contributed by atoms with Crippen molar-refractivity contribution >= 4 is 28.8 Å². The Labute approximate surface area is 166 Å². The van der Waals surface area contributed by atoms with E-state index in [4.69, 9.17) is 4.74 Å². The van der Waals surface area contributed by atoms with Crippen molar-refractivity contribution in [2.45, 2.75) is 20.0 Å². The Hall–Kier alpha value is -3.14. The van der Waals surface area contributed by atoms with Crippen LogP contribution >= 0.6 is 0 Å². The number of rotatable bonds is 2. The van der Waals surface area contributed by atoms with Gasteiger partial charge in [-0.2, -0.15) is 0 Å². The minimum absolute atomic E-state index is 0.167. The molecule has 1 atom stereocenters. The molecule has 138 valence electrons. The molecule has 0 spiro atoms. The number of hydrogen-bond donors (Lipinski definition) is 0. The van der Waals surface area contributed by atoms with E-state index in [1.807, 2.05) is 6.07 Å². The Morgan fingerprint density at radius 3 is 2.36 bits per heavy atom. The molecule has 0 saturated carbocycles. The van der Waals surface area contributed by atoms with Crippen LogP contribution in [-0.4, -0.2) is 24.8 Å². The second-order valence-corrected chi connectivity index (χ2v) is 7.64. The van der Waals surface area contributed by atoms with E-state index in [0.29, 0.717) is 0 Å². The van der Waals surface area contributed by atoms with Crippen molar-refractivity contribution < 1.29 is 4.74 Å². The van der Waals surface area contributed by atoms with E-state index in [-0.39, 0.29) is 12.9 Å². The molecule has 3 nitrogen and oxygen atoms in total. The Morgan fingerprint density at radius 1 is 0.857 bits per heavy atom. The molecule has 0 N–H and O–H groups in total. The van der Waals surface area contributed by atoms with Gasteiger partial charge in [0.2, 0.25) is 0 Å². The highest BCUT2D eigenvalue weighted by Gasteiger charge is 2.36. The highest BCUT2D eigenvalue weighted by atomic mass is 16.5. The first kappa shape index (κ1) is 17.0. The lowest BCUT2D eigenvalue weighted by atomic mass is 9.36. The van der Waals surface area contributed by atoms with Gasteiger partial charge < -0.3 is 14.5 Å². The van der Waals surface area contributed by atoms with E-state index in [1.54, 1.807) is 0 Å². The standard InChI is InChI=1S/C24H23BN2O/c1-17-13-14-21-24(23(17)27-16-15-26(3)18(27)2)28-22-12-8-7-11-20(22)25(21)19-9-5-4-6-10-19/h4-16,18H,1-3H3/t18-/m0/s1. The van der Waals surface area contributed by atoms with Gasteiger partial charge in [0, 0.05) is 19.4 Å². The minimum Gasteiger partial charge on any atom is -0.456 e. The first-order valence-electron chi connectivity index (χ1n) is 9.79. The third kappa shape index (κ3) is 2.52. The zero-order valence-electron chi connectivity index (χ0n) is 16.5. The number of nitrogens with zero attached hydrogens (tertiary/aromatic N) is 2. The number of benzene rings is 3. The average molecular weight is 366 g/mol. The second-order valence-electron chi connectivity index (χ2n) is 7.64. The predicted molar refractivity (Wildman–Crippen MR) is 118 cm³/mol. The van der Waals surface area contributed by atoms with Crippen LogP contribution in [-0.2, 0) is 0 Å². The maximum absolute atomic E-state index is 6.54. The van der Waals surface area contributed by atoms with Gasteiger partial charge in [-0.15, -0.1) is 0 Å². The van der Waals surface area contributed by atoms with E-state index in [1.165, 1.54) is 22.0 Å². The molecule has 5 rings (SSSR count). The number of aryl methyl sites for hydroxylation is 1. The molecular formula is C24H23BN2O. The van der Waals surface area contributed by atoms with Gasteiger partial charge in [-0.1, -0.05) is 66.1 Å². The van der Waals surface area contributed by atoms with E-state index in [2.05, 4.69) is 104 Å². The van der Waals surface area contributed by atoms with E-state index in [0.717, 1.165) is 17.2 Å². The molecule has 3 aromatic carbocycles.